The Balaban J connectivity index is 0.00000648. The third kappa shape index (κ3) is 7.64. The molecule has 0 spiro atoms. The van der Waals surface area contributed by atoms with Crippen molar-refractivity contribution in [2.45, 2.75) is 43.8 Å². The second kappa shape index (κ2) is 13.7. The first-order valence-corrected chi connectivity index (χ1v) is 11.8. The molecule has 1 heterocycles. The first-order valence-electron chi connectivity index (χ1n) is 9.92. The van der Waals surface area contributed by atoms with E-state index in [4.69, 9.17) is 79.9 Å². The summed E-state index contributed by atoms with van der Waals surface area (Å²) >= 11 is 30.1. The lowest BCUT2D eigenvalue weighted by molar-refractivity contribution is -0.148. The van der Waals surface area contributed by atoms with Gasteiger partial charge >= 0.3 is 5.97 Å². The molecule has 0 bridgehead atoms. The quantitative estimate of drug-likeness (QED) is 0.139. The number of ether oxygens (including phenoxy) is 1. The van der Waals surface area contributed by atoms with Crippen molar-refractivity contribution in [3.8, 4) is 5.75 Å². The molecule has 0 aliphatic carbocycles. The van der Waals surface area contributed by atoms with Crippen LogP contribution in [0.15, 0.2) is 0 Å². The summed E-state index contributed by atoms with van der Waals surface area (Å²) in [6.07, 6.45) is -0.497. The molecule has 2 rings (SSSR count). The highest BCUT2D eigenvalue weighted by Gasteiger charge is 2.40. The molecule has 1 aromatic rings. The summed E-state index contributed by atoms with van der Waals surface area (Å²) in [5.74, 6) is -4.74. The van der Waals surface area contributed by atoms with Crippen LogP contribution in [-0.2, 0) is 24.0 Å². The molecule has 1 fully saturated rings. The molecule has 0 radical (unpaired) electrons. The zero-order valence-electron chi connectivity index (χ0n) is 18.2. The second-order valence-electron chi connectivity index (χ2n) is 7.52. The van der Waals surface area contributed by atoms with E-state index >= 15 is 0 Å². The predicted molar refractivity (Wildman–Crippen MR) is 137 cm³/mol. The molecule has 17 heteroatoms. The molecule has 7 N–H and O–H groups in total. The molecule has 0 unspecified atom stereocenters. The summed E-state index contributed by atoms with van der Waals surface area (Å²) < 4.78 is 5.31. The number of carbonyl (C=O) groups excluding carboxylic acids is 5. The molecule has 0 saturated carbocycles. The molecular formula is C19H21Cl6N5O6. The van der Waals surface area contributed by atoms with E-state index in [1.165, 1.54) is 0 Å². The Morgan fingerprint density at radius 1 is 0.917 bits per heavy atom. The van der Waals surface area contributed by atoms with Gasteiger partial charge in [-0.25, -0.2) is 4.79 Å². The smallest absolute Gasteiger partial charge is 0.334 e. The normalized spacial score (nSPS) is 16.5. The first kappa shape index (κ1) is 32.3. The Kier molecular flexibility index (Phi) is 12.3. The van der Waals surface area contributed by atoms with Crippen LogP contribution in [0.3, 0.4) is 0 Å². The Labute approximate surface area is 236 Å². The van der Waals surface area contributed by atoms with Crippen molar-refractivity contribution in [1.29, 1.82) is 0 Å². The maximum atomic E-state index is 13.2. The average Bonchev–Trinajstić information content (AvgIpc) is 3.27. The molecule has 3 atom stereocenters. The number of benzene rings is 1. The number of hydrogen-bond donors (Lipinski definition) is 4. The van der Waals surface area contributed by atoms with Gasteiger partial charge in [-0.15, -0.1) is 12.4 Å². The fraction of sp³-hybridized carbons (Fsp3) is 0.421. The highest BCUT2D eigenvalue weighted by atomic mass is 35.5. The number of esters is 1. The summed E-state index contributed by atoms with van der Waals surface area (Å²) in [6, 6.07) is -3.95. The molecule has 1 saturated heterocycles. The van der Waals surface area contributed by atoms with Gasteiger partial charge in [-0.3, -0.25) is 19.2 Å². The van der Waals surface area contributed by atoms with Crippen molar-refractivity contribution in [1.82, 2.24) is 10.2 Å². The molecule has 1 aliphatic heterocycles. The number of nitrogens with zero attached hydrogens (tertiary/aromatic N) is 1. The summed E-state index contributed by atoms with van der Waals surface area (Å²) in [6.45, 7) is 0.0979. The van der Waals surface area contributed by atoms with Crippen LogP contribution in [0.5, 0.6) is 5.75 Å². The van der Waals surface area contributed by atoms with Crippen molar-refractivity contribution < 1.29 is 28.7 Å². The van der Waals surface area contributed by atoms with E-state index < -0.39 is 60.6 Å². The molecule has 11 nitrogen and oxygen atoms in total. The lowest BCUT2D eigenvalue weighted by Crippen LogP contribution is -2.56. The first-order chi connectivity index (χ1) is 16.3. The van der Waals surface area contributed by atoms with Crippen LogP contribution in [-0.4, -0.2) is 59.2 Å². The standard InChI is InChI=1S/C19H20Cl5N5O6.ClH/c20-11-12(21)14(23)16(15(24)13(11)22)35-19(34)8-2-1-3-29(8)18(33)7(5-10(27)31)28-17(32)6(25)4-9(26)30;/h6-8H,1-5,25H2,(H2,26,30)(H2,27,31)(H,28,32);1H/t6-,7-,8-;/m0./s1. The van der Waals surface area contributed by atoms with Crippen LogP contribution in [0.1, 0.15) is 25.7 Å². The van der Waals surface area contributed by atoms with Gasteiger partial charge in [0.1, 0.15) is 22.1 Å². The highest BCUT2D eigenvalue weighted by Crippen LogP contribution is 2.48. The van der Waals surface area contributed by atoms with E-state index in [1.807, 2.05) is 0 Å². The SMILES string of the molecule is Cl.NC(=O)C[C@H](NC(=O)[C@@H](N)CC(N)=O)C(=O)N1CCC[C@H]1C(=O)Oc1c(Cl)c(Cl)c(Cl)c(Cl)c1Cl. The third-order valence-electron chi connectivity index (χ3n) is 4.96. The summed E-state index contributed by atoms with van der Waals surface area (Å²) in [5.41, 5.74) is 15.8. The van der Waals surface area contributed by atoms with Gasteiger partial charge in [-0.1, -0.05) is 58.0 Å². The number of amides is 4. The van der Waals surface area contributed by atoms with Crippen LogP contribution in [0.25, 0.3) is 0 Å². The Morgan fingerprint density at radius 3 is 1.92 bits per heavy atom. The van der Waals surface area contributed by atoms with Crippen LogP contribution < -0.4 is 27.3 Å². The van der Waals surface area contributed by atoms with Crippen molar-refractivity contribution in [3.05, 3.63) is 25.1 Å². The maximum absolute atomic E-state index is 13.2. The van der Waals surface area contributed by atoms with E-state index in [-0.39, 0.29) is 56.2 Å². The fourth-order valence-electron chi connectivity index (χ4n) is 3.31. The Morgan fingerprint density at radius 2 is 1.42 bits per heavy atom. The Hall–Kier alpha value is -1.73. The number of carbonyl (C=O) groups is 5. The second-order valence-corrected chi connectivity index (χ2v) is 9.41. The summed E-state index contributed by atoms with van der Waals surface area (Å²) in [4.78, 5) is 62.0. The zero-order valence-corrected chi connectivity index (χ0v) is 22.8. The Bertz CT molecular complexity index is 1040. The van der Waals surface area contributed by atoms with Gasteiger partial charge in [0.2, 0.25) is 23.6 Å². The molecule has 36 heavy (non-hydrogen) atoms. The van der Waals surface area contributed by atoms with Gasteiger partial charge in [-0.05, 0) is 12.8 Å². The molecule has 1 aromatic carbocycles. The van der Waals surface area contributed by atoms with Crippen molar-refractivity contribution in [2.24, 2.45) is 17.2 Å². The largest absolute Gasteiger partial charge is 0.422 e. The van der Waals surface area contributed by atoms with Gasteiger partial charge in [-0.2, -0.15) is 0 Å². The van der Waals surface area contributed by atoms with E-state index in [9.17, 15) is 24.0 Å². The number of nitrogens with one attached hydrogen (secondary N) is 1. The molecule has 0 aromatic heterocycles. The van der Waals surface area contributed by atoms with E-state index in [0.29, 0.717) is 6.42 Å². The molecule has 4 amide bonds. The summed E-state index contributed by atoms with van der Waals surface area (Å²) in [7, 11) is 0. The van der Waals surface area contributed by atoms with Gasteiger partial charge < -0.3 is 32.2 Å². The number of rotatable bonds is 9. The van der Waals surface area contributed by atoms with Crippen LogP contribution >= 0.6 is 70.4 Å². The van der Waals surface area contributed by atoms with Gasteiger partial charge in [0.25, 0.3) is 0 Å². The van der Waals surface area contributed by atoms with E-state index in [2.05, 4.69) is 5.32 Å². The van der Waals surface area contributed by atoms with Gasteiger partial charge in [0.05, 0.1) is 34.0 Å². The lowest BCUT2D eigenvalue weighted by atomic mass is 10.1. The van der Waals surface area contributed by atoms with Crippen LogP contribution in [0, 0.1) is 0 Å². The van der Waals surface area contributed by atoms with Crippen molar-refractivity contribution in [2.75, 3.05) is 6.54 Å². The van der Waals surface area contributed by atoms with Crippen LogP contribution in [0.4, 0.5) is 0 Å². The van der Waals surface area contributed by atoms with Crippen LogP contribution in [0.2, 0.25) is 25.1 Å². The molecular weight excluding hydrogens is 607 g/mol. The van der Waals surface area contributed by atoms with Gasteiger partial charge in [0, 0.05) is 6.54 Å². The van der Waals surface area contributed by atoms with E-state index in [1.54, 1.807) is 0 Å². The topological polar surface area (TPSA) is 188 Å². The predicted octanol–water partition coefficient (Wildman–Crippen LogP) is 1.83. The minimum Gasteiger partial charge on any atom is -0.422 e. The minimum atomic E-state index is -1.46. The lowest BCUT2D eigenvalue weighted by Gasteiger charge is -2.28. The average molecular weight is 628 g/mol. The monoisotopic (exact) mass is 625 g/mol. The number of primary amides is 2. The minimum absolute atomic E-state index is 0. The maximum Gasteiger partial charge on any atom is 0.334 e. The molecule has 1 aliphatic rings. The number of halogens is 6. The number of hydrogen-bond acceptors (Lipinski definition) is 7. The third-order valence-corrected chi connectivity index (χ3v) is 7.20. The van der Waals surface area contributed by atoms with E-state index in [0.717, 1.165) is 4.90 Å². The van der Waals surface area contributed by atoms with Gasteiger partial charge in [0.15, 0.2) is 5.75 Å². The highest BCUT2D eigenvalue weighted by molar-refractivity contribution is 6.55. The number of nitrogens with two attached hydrogens (primary N) is 3. The zero-order chi connectivity index (χ0) is 26.6. The summed E-state index contributed by atoms with van der Waals surface area (Å²) in [5, 5.41) is 1.21. The van der Waals surface area contributed by atoms with Crippen molar-refractivity contribution >= 4 is 100 Å². The molecule has 200 valence electrons. The van der Waals surface area contributed by atoms with Crippen molar-refractivity contribution in [3.63, 3.8) is 0 Å². The fourth-order valence-corrected chi connectivity index (χ4v) is 4.51. The number of likely N-dealkylation sites (tertiary alicyclic amines) is 1.